The number of benzene rings is 1. The molecule has 26 heavy (non-hydrogen) atoms. The third-order valence-electron chi connectivity index (χ3n) is 5.50. The molecule has 1 fully saturated rings. The van der Waals surface area contributed by atoms with Gasteiger partial charge in [0.1, 0.15) is 11.4 Å². The molecule has 0 radical (unpaired) electrons. The number of amides is 1. The number of fused-ring (bicyclic) bond motifs is 1. The molecule has 2 heterocycles. The lowest BCUT2D eigenvalue weighted by molar-refractivity contribution is -0.144. The van der Waals surface area contributed by atoms with Gasteiger partial charge in [-0.1, -0.05) is 0 Å². The van der Waals surface area contributed by atoms with Crippen LogP contribution in [0.5, 0.6) is 5.75 Å². The number of methoxy groups -OCH3 is 1. The largest absolute Gasteiger partial charge is 0.486 e. The van der Waals surface area contributed by atoms with Gasteiger partial charge < -0.3 is 14.4 Å². The fourth-order valence-corrected chi connectivity index (χ4v) is 3.66. The second-order valence-corrected chi connectivity index (χ2v) is 7.27. The van der Waals surface area contributed by atoms with Crippen molar-refractivity contribution in [3.8, 4) is 5.75 Å². The minimum Gasteiger partial charge on any atom is -0.486 e. The molecule has 0 atom stereocenters. The molecular formula is C20H25NO5. The van der Waals surface area contributed by atoms with Gasteiger partial charge in [-0.2, -0.15) is 0 Å². The molecule has 0 aromatic heterocycles. The van der Waals surface area contributed by atoms with Crippen LogP contribution in [0.25, 0.3) is 0 Å². The zero-order valence-corrected chi connectivity index (χ0v) is 15.6. The number of Topliss-reactive ketones (excluding diaryl/α,β-unsaturated/α-hetero) is 1. The molecule has 0 unspecified atom stereocenters. The molecule has 6 heteroatoms. The zero-order chi connectivity index (χ0) is 18.9. The maximum absolute atomic E-state index is 12.6. The topological polar surface area (TPSA) is 72.9 Å². The van der Waals surface area contributed by atoms with Crippen molar-refractivity contribution < 1.29 is 23.9 Å². The number of piperidine rings is 1. The highest BCUT2D eigenvalue weighted by atomic mass is 16.5. The van der Waals surface area contributed by atoms with E-state index in [-0.39, 0.29) is 30.5 Å². The van der Waals surface area contributed by atoms with E-state index in [1.165, 1.54) is 7.11 Å². The molecule has 2 aliphatic heterocycles. The first-order chi connectivity index (χ1) is 12.3. The number of esters is 1. The van der Waals surface area contributed by atoms with E-state index in [9.17, 15) is 14.4 Å². The Labute approximate surface area is 153 Å². The maximum Gasteiger partial charge on any atom is 0.306 e. The monoisotopic (exact) mass is 359 g/mol. The highest BCUT2D eigenvalue weighted by molar-refractivity contribution is 6.00. The van der Waals surface area contributed by atoms with Crippen LogP contribution in [0, 0.1) is 13.8 Å². The predicted molar refractivity (Wildman–Crippen MR) is 95.3 cm³/mol. The van der Waals surface area contributed by atoms with E-state index in [1.54, 1.807) is 4.90 Å². The van der Waals surface area contributed by atoms with Crippen LogP contribution in [-0.4, -0.2) is 48.4 Å². The van der Waals surface area contributed by atoms with Crippen LogP contribution >= 0.6 is 0 Å². The van der Waals surface area contributed by atoms with Gasteiger partial charge in [-0.25, -0.2) is 0 Å². The van der Waals surface area contributed by atoms with E-state index < -0.39 is 5.60 Å². The molecule has 2 aliphatic rings. The van der Waals surface area contributed by atoms with Crippen LogP contribution in [0.2, 0.25) is 0 Å². The molecule has 0 N–H and O–H groups in total. The van der Waals surface area contributed by atoms with Crippen molar-refractivity contribution in [3.05, 3.63) is 28.8 Å². The van der Waals surface area contributed by atoms with Gasteiger partial charge in [0.05, 0.1) is 25.5 Å². The Hall–Kier alpha value is -2.37. The lowest BCUT2D eigenvalue weighted by atomic mass is 9.82. The van der Waals surface area contributed by atoms with E-state index in [0.29, 0.717) is 43.7 Å². The molecule has 6 nitrogen and oxygen atoms in total. The first kappa shape index (κ1) is 18.4. The van der Waals surface area contributed by atoms with Crippen molar-refractivity contribution in [3.63, 3.8) is 0 Å². The second-order valence-electron chi connectivity index (χ2n) is 7.27. The number of carbonyl (C=O) groups excluding carboxylic acids is 3. The number of hydrogen-bond acceptors (Lipinski definition) is 5. The first-order valence-electron chi connectivity index (χ1n) is 9.02. The van der Waals surface area contributed by atoms with Crippen molar-refractivity contribution in [2.24, 2.45) is 0 Å². The van der Waals surface area contributed by atoms with Gasteiger partial charge in [0, 0.05) is 32.4 Å². The van der Waals surface area contributed by atoms with Crippen molar-refractivity contribution >= 4 is 17.7 Å². The molecular weight excluding hydrogens is 334 g/mol. The normalized spacial score (nSPS) is 18.3. The molecule has 1 aromatic carbocycles. The summed E-state index contributed by atoms with van der Waals surface area (Å²) < 4.78 is 10.9. The van der Waals surface area contributed by atoms with Crippen LogP contribution in [0.4, 0.5) is 0 Å². The van der Waals surface area contributed by atoms with Crippen molar-refractivity contribution in [2.75, 3.05) is 20.2 Å². The molecule has 0 aliphatic carbocycles. The molecule has 1 aromatic rings. The average Bonchev–Trinajstić information content (AvgIpc) is 2.62. The number of likely N-dealkylation sites (tertiary alicyclic amines) is 1. The average molecular weight is 359 g/mol. The van der Waals surface area contributed by atoms with E-state index in [2.05, 4.69) is 4.74 Å². The summed E-state index contributed by atoms with van der Waals surface area (Å²) in [7, 11) is 1.32. The molecule has 1 amide bonds. The van der Waals surface area contributed by atoms with Gasteiger partial charge in [0.15, 0.2) is 5.78 Å². The summed E-state index contributed by atoms with van der Waals surface area (Å²) in [4.78, 5) is 37.8. The number of hydrogen-bond donors (Lipinski definition) is 0. The lowest BCUT2D eigenvalue weighted by Crippen LogP contribution is -2.52. The molecule has 0 bridgehead atoms. The first-order valence-corrected chi connectivity index (χ1v) is 9.02. The Kier molecular flexibility index (Phi) is 5.03. The van der Waals surface area contributed by atoms with Crippen LogP contribution in [-0.2, 0) is 14.3 Å². The Morgan fingerprint density at radius 2 is 1.81 bits per heavy atom. The summed E-state index contributed by atoms with van der Waals surface area (Å²) in [5, 5.41) is 0. The van der Waals surface area contributed by atoms with Gasteiger partial charge in [-0.3, -0.25) is 14.4 Å². The molecule has 0 saturated carbocycles. The lowest BCUT2D eigenvalue weighted by Gasteiger charge is -2.44. The predicted octanol–water partition coefficient (Wildman–Crippen LogP) is 2.58. The second kappa shape index (κ2) is 7.09. The summed E-state index contributed by atoms with van der Waals surface area (Å²) in [6.45, 7) is 5.07. The maximum atomic E-state index is 12.6. The van der Waals surface area contributed by atoms with E-state index in [0.717, 1.165) is 11.1 Å². The van der Waals surface area contributed by atoms with Crippen LogP contribution in [0.3, 0.4) is 0 Å². The van der Waals surface area contributed by atoms with Crippen LogP contribution < -0.4 is 4.74 Å². The Morgan fingerprint density at radius 3 is 2.46 bits per heavy atom. The smallest absolute Gasteiger partial charge is 0.306 e. The summed E-state index contributed by atoms with van der Waals surface area (Å²) >= 11 is 0. The fraction of sp³-hybridized carbons (Fsp3) is 0.550. The van der Waals surface area contributed by atoms with Gasteiger partial charge in [0.2, 0.25) is 5.91 Å². The minimum atomic E-state index is -0.523. The zero-order valence-electron chi connectivity index (χ0n) is 15.6. The van der Waals surface area contributed by atoms with E-state index in [4.69, 9.17) is 4.74 Å². The Bertz CT molecular complexity index is 747. The number of nitrogens with zero attached hydrogens (tertiary/aromatic N) is 1. The highest BCUT2D eigenvalue weighted by Gasteiger charge is 2.43. The summed E-state index contributed by atoms with van der Waals surface area (Å²) in [5.74, 6) is 0.337. The fourth-order valence-electron chi connectivity index (χ4n) is 3.66. The van der Waals surface area contributed by atoms with Crippen molar-refractivity contribution in [2.45, 2.75) is 51.6 Å². The molecule has 140 valence electrons. The van der Waals surface area contributed by atoms with Gasteiger partial charge in [-0.05, 0) is 37.1 Å². The highest BCUT2D eigenvalue weighted by Crippen LogP contribution is 2.40. The van der Waals surface area contributed by atoms with Crippen molar-refractivity contribution in [1.82, 2.24) is 4.90 Å². The molecule has 1 spiro atoms. The van der Waals surface area contributed by atoms with Crippen LogP contribution in [0.1, 0.15) is 53.6 Å². The van der Waals surface area contributed by atoms with Gasteiger partial charge >= 0.3 is 5.97 Å². The summed E-state index contributed by atoms with van der Waals surface area (Å²) in [6, 6.07) is 3.85. The van der Waals surface area contributed by atoms with Crippen LogP contribution in [0.15, 0.2) is 12.1 Å². The third kappa shape index (κ3) is 3.59. The number of rotatable bonds is 3. The number of carbonyl (C=O) groups is 3. The quantitative estimate of drug-likeness (QED) is 0.776. The Balaban J connectivity index is 1.65. The molecule has 1 saturated heterocycles. The van der Waals surface area contributed by atoms with Gasteiger partial charge in [-0.15, -0.1) is 0 Å². The third-order valence-corrected chi connectivity index (χ3v) is 5.50. The van der Waals surface area contributed by atoms with E-state index >= 15 is 0 Å². The molecule has 3 rings (SSSR count). The minimum absolute atomic E-state index is 0.0562. The summed E-state index contributed by atoms with van der Waals surface area (Å²) in [5.41, 5.74) is 2.33. The van der Waals surface area contributed by atoms with Crippen molar-refractivity contribution in [1.29, 1.82) is 0 Å². The van der Waals surface area contributed by atoms with Gasteiger partial charge in [0.25, 0.3) is 0 Å². The summed E-state index contributed by atoms with van der Waals surface area (Å²) in [6.07, 6.45) is 1.84. The SMILES string of the molecule is COC(=O)CCC(=O)N1CCC2(CC1)CC(=O)c1cc(C)c(C)cc1O2. The van der Waals surface area contributed by atoms with E-state index in [1.807, 2.05) is 26.0 Å². The standard InChI is InChI=1S/C20H25NO5/c1-13-10-15-16(22)12-20(26-17(15)11-14(13)2)6-8-21(9-7-20)18(23)4-5-19(24)25-3/h10-11H,4-9,12H2,1-3H3. The number of ketones is 1. The number of ether oxygens (including phenoxy) is 2. The number of aryl methyl sites for hydroxylation is 2. The Morgan fingerprint density at radius 1 is 1.15 bits per heavy atom.